The average molecular weight is 554 g/mol. The number of hydrogen-bond donors (Lipinski definition) is 3. The second-order valence-corrected chi connectivity index (χ2v) is 10.0. The standard InChI is InChI=1S/C30H39N3O7/c1-6-18-33(26(22-14-11-15-23(34)20-22)27(36)31-17-16-25(35)39-7-2)28(37)24(19-21-12-9-8-10-13-21)32-29(38)40-30(3,4)5/h6,8-15,20,24,26,34H,1,7,16-19H2,2-5H3,(H,31,36)(H,32,38). The molecular formula is C30H39N3O7. The summed E-state index contributed by atoms with van der Waals surface area (Å²) in [7, 11) is 0. The number of esters is 1. The summed E-state index contributed by atoms with van der Waals surface area (Å²) in [4.78, 5) is 53.4. The van der Waals surface area contributed by atoms with Gasteiger partial charge in [0.25, 0.3) is 0 Å². The van der Waals surface area contributed by atoms with Gasteiger partial charge in [-0.1, -0.05) is 48.5 Å². The van der Waals surface area contributed by atoms with Crippen LogP contribution in [0.1, 0.15) is 51.3 Å². The number of ether oxygens (including phenoxy) is 2. The molecule has 2 unspecified atom stereocenters. The van der Waals surface area contributed by atoms with Gasteiger partial charge in [-0.15, -0.1) is 6.58 Å². The molecule has 2 rings (SSSR count). The van der Waals surface area contributed by atoms with Gasteiger partial charge in [0.1, 0.15) is 23.4 Å². The monoisotopic (exact) mass is 553 g/mol. The van der Waals surface area contributed by atoms with E-state index in [1.807, 2.05) is 30.3 Å². The van der Waals surface area contributed by atoms with Crippen molar-refractivity contribution in [2.75, 3.05) is 19.7 Å². The number of hydrogen-bond acceptors (Lipinski definition) is 7. The normalized spacial score (nSPS) is 12.4. The Morgan fingerprint density at radius 3 is 2.38 bits per heavy atom. The second kappa shape index (κ2) is 15.3. The Morgan fingerprint density at radius 1 is 1.07 bits per heavy atom. The molecule has 216 valence electrons. The number of phenolic OH excluding ortho intramolecular Hbond substituents is 1. The zero-order chi connectivity index (χ0) is 29.7. The van der Waals surface area contributed by atoms with Crippen molar-refractivity contribution >= 4 is 23.9 Å². The largest absolute Gasteiger partial charge is 0.508 e. The summed E-state index contributed by atoms with van der Waals surface area (Å²) in [5, 5.41) is 15.5. The maximum atomic E-state index is 14.1. The number of rotatable bonds is 13. The van der Waals surface area contributed by atoms with E-state index in [0.29, 0.717) is 5.56 Å². The lowest BCUT2D eigenvalue weighted by molar-refractivity contribution is -0.144. The Labute approximate surface area is 235 Å². The molecule has 0 bridgehead atoms. The zero-order valence-corrected chi connectivity index (χ0v) is 23.5. The van der Waals surface area contributed by atoms with Gasteiger partial charge in [-0.05, 0) is 51.0 Å². The molecule has 2 aromatic carbocycles. The highest BCUT2D eigenvalue weighted by Gasteiger charge is 2.36. The summed E-state index contributed by atoms with van der Waals surface area (Å²) in [6.45, 7) is 10.7. The first kappa shape index (κ1) is 31.9. The smallest absolute Gasteiger partial charge is 0.408 e. The molecule has 0 heterocycles. The van der Waals surface area contributed by atoms with Crippen molar-refractivity contribution < 1.29 is 33.8 Å². The van der Waals surface area contributed by atoms with Gasteiger partial charge in [0, 0.05) is 19.5 Å². The van der Waals surface area contributed by atoms with Crippen molar-refractivity contribution in [1.29, 1.82) is 0 Å². The van der Waals surface area contributed by atoms with Gasteiger partial charge in [0.05, 0.1) is 13.0 Å². The molecule has 0 aliphatic carbocycles. The lowest BCUT2D eigenvalue weighted by Crippen LogP contribution is -2.54. The van der Waals surface area contributed by atoms with Crippen LogP contribution in [-0.2, 0) is 30.3 Å². The van der Waals surface area contributed by atoms with Crippen molar-refractivity contribution in [3.63, 3.8) is 0 Å². The Kier molecular flexibility index (Phi) is 12.2. The van der Waals surface area contributed by atoms with E-state index in [1.165, 1.54) is 23.1 Å². The highest BCUT2D eigenvalue weighted by atomic mass is 16.6. The van der Waals surface area contributed by atoms with E-state index in [2.05, 4.69) is 17.2 Å². The van der Waals surface area contributed by atoms with E-state index in [0.717, 1.165) is 5.56 Å². The molecule has 40 heavy (non-hydrogen) atoms. The first-order chi connectivity index (χ1) is 18.9. The molecule has 0 saturated carbocycles. The summed E-state index contributed by atoms with van der Waals surface area (Å²) in [5.74, 6) is -1.72. The Bertz CT molecular complexity index is 1160. The number of aromatic hydroxyl groups is 1. The minimum absolute atomic E-state index is 0.0211. The van der Waals surface area contributed by atoms with Crippen molar-refractivity contribution in [2.45, 2.75) is 58.2 Å². The fourth-order valence-corrected chi connectivity index (χ4v) is 3.95. The number of nitrogens with one attached hydrogen (secondary N) is 2. The summed E-state index contributed by atoms with van der Waals surface area (Å²) in [6, 6.07) is 12.8. The van der Waals surface area contributed by atoms with Crippen molar-refractivity contribution in [3.8, 4) is 5.75 Å². The summed E-state index contributed by atoms with van der Waals surface area (Å²) in [5.41, 5.74) is 0.316. The van der Waals surface area contributed by atoms with Crippen LogP contribution in [0.3, 0.4) is 0 Å². The number of benzene rings is 2. The van der Waals surface area contributed by atoms with Crippen LogP contribution in [0.2, 0.25) is 0 Å². The number of phenols is 1. The third-order valence-electron chi connectivity index (χ3n) is 5.56. The number of nitrogens with zero attached hydrogens (tertiary/aromatic N) is 1. The Balaban J connectivity index is 2.45. The highest BCUT2D eigenvalue weighted by molar-refractivity contribution is 5.92. The Morgan fingerprint density at radius 2 is 1.77 bits per heavy atom. The predicted molar refractivity (Wildman–Crippen MR) is 150 cm³/mol. The first-order valence-corrected chi connectivity index (χ1v) is 13.1. The van der Waals surface area contributed by atoms with E-state index < -0.39 is 41.6 Å². The van der Waals surface area contributed by atoms with Gasteiger partial charge < -0.3 is 30.1 Å². The average Bonchev–Trinajstić information content (AvgIpc) is 2.87. The van der Waals surface area contributed by atoms with Gasteiger partial charge >= 0.3 is 12.1 Å². The van der Waals surface area contributed by atoms with Crippen molar-refractivity contribution in [3.05, 3.63) is 78.4 Å². The zero-order valence-electron chi connectivity index (χ0n) is 23.5. The molecule has 0 radical (unpaired) electrons. The first-order valence-electron chi connectivity index (χ1n) is 13.1. The molecule has 0 aliphatic heterocycles. The minimum Gasteiger partial charge on any atom is -0.508 e. The van der Waals surface area contributed by atoms with E-state index in [9.17, 15) is 24.3 Å². The van der Waals surface area contributed by atoms with Crippen LogP contribution in [0.15, 0.2) is 67.3 Å². The maximum Gasteiger partial charge on any atom is 0.408 e. The molecular weight excluding hydrogens is 514 g/mol. The summed E-state index contributed by atoms with van der Waals surface area (Å²) in [6.07, 6.45) is 0.753. The maximum absolute atomic E-state index is 14.1. The number of amides is 3. The molecule has 3 amide bonds. The molecule has 10 nitrogen and oxygen atoms in total. The molecule has 0 saturated heterocycles. The molecule has 10 heteroatoms. The minimum atomic E-state index is -1.21. The van der Waals surface area contributed by atoms with E-state index >= 15 is 0 Å². The van der Waals surface area contributed by atoms with E-state index in [1.54, 1.807) is 39.8 Å². The fourth-order valence-electron chi connectivity index (χ4n) is 3.95. The van der Waals surface area contributed by atoms with E-state index in [4.69, 9.17) is 9.47 Å². The predicted octanol–water partition coefficient (Wildman–Crippen LogP) is 3.65. The molecule has 0 spiro atoms. The van der Waals surface area contributed by atoms with Gasteiger partial charge in [-0.2, -0.15) is 0 Å². The van der Waals surface area contributed by atoms with Crippen LogP contribution in [0.25, 0.3) is 0 Å². The van der Waals surface area contributed by atoms with Crippen LogP contribution >= 0.6 is 0 Å². The molecule has 3 N–H and O–H groups in total. The lowest BCUT2D eigenvalue weighted by Gasteiger charge is -2.34. The topological polar surface area (TPSA) is 134 Å². The summed E-state index contributed by atoms with van der Waals surface area (Å²) >= 11 is 0. The van der Waals surface area contributed by atoms with Crippen molar-refractivity contribution in [1.82, 2.24) is 15.5 Å². The number of alkyl carbamates (subject to hydrolysis) is 1. The SMILES string of the molecule is C=CCN(C(=O)C(Cc1ccccc1)NC(=O)OC(C)(C)C)C(C(=O)NCCC(=O)OCC)c1cccc(O)c1. The molecule has 0 aromatic heterocycles. The summed E-state index contributed by atoms with van der Waals surface area (Å²) < 4.78 is 10.3. The lowest BCUT2D eigenvalue weighted by atomic mass is 10.00. The van der Waals surface area contributed by atoms with Crippen molar-refractivity contribution in [2.24, 2.45) is 0 Å². The quantitative estimate of drug-likeness (QED) is 0.255. The van der Waals surface area contributed by atoms with Crippen LogP contribution in [0.5, 0.6) is 5.75 Å². The third-order valence-corrected chi connectivity index (χ3v) is 5.56. The van der Waals surface area contributed by atoms with E-state index in [-0.39, 0.29) is 38.3 Å². The van der Waals surface area contributed by atoms with Gasteiger partial charge in [-0.25, -0.2) is 4.79 Å². The molecule has 2 atom stereocenters. The molecule has 2 aromatic rings. The van der Waals surface area contributed by atoms with Crippen LogP contribution in [0, 0.1) is 0 Å². The Hall–Kier alpha value is -4.34. The van der Waals surface area contributed by atoms with Crippen LogP contribution in [0.4, 0.5) is 4.79 Å². The molecule has 0 aliphatic rings. The van der Waals surface area contributed by atoms with Gasteiger partial charge in [-0.3, -0.25) is 14.4 Å². The number of carbonyl (C=O) groups is 4. The molecule has 0 fully saturated rings. The second-order valence-electron chi connectivity index (χ2n) is 10.0. The fraction of sp³-hybridized carbons (Fsp3) is 0.400. The van der Waals surface area contributed by atoms with Crippen LogP contribution in [-0.4, -0.2) is 65.2 Å². The third kappa shape index (κ3) is 10.4. The van der Waals surface area contributed by atoms with Gasteiger partial charge in [0.2, 0.25) is 11.8 Å². The van der Waals surface area contributed by atoms with Gasteiger partial charge in [0.15, 0.2) is 0 Å². The number of carbonyl (C=O) groups excluding carboxylic acids is 4. The van der Waals surface area contributed by atoms with Crippen LogP contribution < -0.4 is 10.6 Å². The highest BCUT2D eigenvalue weighted by Crippen LogP contribution is 2.26.